The first kappa shape index (κ1) is 14.5. The second kappa shape index (κ2) is 5.82. The SMILES string of the molecule is O=C1C2C3C=CC(C3)C2C(=O)N1C1CCCCCCCCC1. The minimum atomic E-state index is -0.0158. The maximum absolute atomic E-state index is 12.9. The number of fused-ring (bicyclic) bond motifs is 5. The van der Waals surface area contributed by atoms with Crippen molar-refractivity contribution < 1.29 is 9.59 Å². The second-order valence-corrected chi connectivity index (χ2v) is 7.75. The Balaban J connectivity index is 1.51. The van der Waals surface area contributed by atoms with Gasteiger partial charge in [0.1, 0.15) is 0 Å². The summed E-state index contributed by atoms with van der Waals surface area (Å²) in [6, 6.07) is 0.183. The quantitative estimate of drug-likeness (QED) is 0.547. The van der Waals surface area contributed by atoms with Crippen LogP contribution < -0.4 is 0 Å². The molecule has 4 atom stereocenters. The van der Waals surface area contributed by atoms with Crippen molar-refractivity contribution in [3.8, 4) is 0 Å². The third-order valence-electron chi connectivity index (χ3n) is 6.44. The summed E-state index contributed by atoms with van der Waals surface area (Å²) in [5.74, 6) is 0.977. The second-order valence-electron chi connectivity index (χ2n) is 7.75. The van der Waals surface area contributed by atoms with Gasteiger partial charge in [0, 0.05) is 6.04 Å². The van der Waals surface area contributed by atoms with E-state index in [1.807, 2.05) is 0 Å². The standard InChI is InChI=1S/C19H27NO2/c21-18-16-13-10-11-14(12-13)17(16)19(22)20(18)15-8-6-4-2-1-3-5-7-9-15/h10-11,13-17H,1-9,12H2. The number of allylic oxidation sites excluding steroid dienone is 2. The van der Waals surface area contributed by atoms with Crippen LogP contribution in [0.5, 0.6) is 0 Å². The van der Waals surface area contributed by atoms with Gasteiger partial charge in [-0.1, -0.05) is 57.1 Å². The van der Waals surface area contributed by atoms with Gasteiger partial charge in [0.2, 0.25) is 11.8 Å². The van der Waals surface area contributed by atoms with E-state index >= 15 is 0 Å². The van der Waals surface area contributed by atoms with Crippen LogP contribution in [0.3, 0.4) is 0 Å². The molecule has 120 valence electrons. The molecule has 4 unspecified atom stereocenters. The summed E-state index contributed by atoms with van der Waals surface area (Å²) >= 11 is 0. The number of hydrogen-bond acceptors (Lipinski definition) is 2. The van der Waals surface area contributed by atoms with Crippen LogP contribution in [-0.4, -0.2) is 22.8 Å². The van der Waals surface area contributed by atoms with Crippen molar-refractivity contribution in [3.05, 3.63) is 12.2 Å². The average molecular weight is 301 g/mol. The molecule has 1 aliphatic heterocycles. The normalized spacial score (nSPS) is 39.5. The first-order chi connectivity index (χ1) is 10.8. The lowest BCUT2D eigenvalue weighted by Gasteiger charge is -2.28. The number of rotatable bonds is 1. The third-order valence-corrected chi connectivity index (χ3v) is 6.44. The number of nitrogens with zero attached hydrogens (tertiary/aromatic N) is 1. The van der Waals surface area contributed by atoms with E-state index in [4.69, 9.17) is 0 Å². The highest BCUT2D eigenvalue weighted by atomic mass is 16.2. The van der Waals surface area contributed by atoms with E-state index in [0.29, 0.717) is 11.8 Å². The summed E-state index contributed by atoms with van der Waals surface area (Å²) in [5, 5.41) is 0. The van der Waals surface area contributed by atoms with Gasteiger partial charge in [0.25, 0.3) is 0 Å². The van der Waals surface area contributed by atoms with E-state index in [2.05, 4.69) is 12.2 Å². The Morgan fingerprint density at radius 1 is 0.727 bits per heavy atom. The number of carbonyl (C=O) groups excluding carboxylic acids is 2. The van der Waals surface area contributed by atoms with Crippen molar-refractivity contribution in [3.63, 3.8) is 0 Å². The van der Waals surface area contributed by atoms with Gasteiger partial charge in [0.15, 0.2) is 0 Å². The molecule has 22 heavy (non-hydrogen) atoms. The molecule has 0 N–H and O–H groups in total. The van der Waals surface area contributed by atoms with Crippen LogP contribution in [0.25, 0.3) is 0 Å². The average Bonchev–Trinajstić information content (AvgIpc) is 3.19. The Morgan fingerprint density at radius 3 is 1.68 bits per heavy atom. The van der Waals surface area contributed by atoms with E-state index in [9.17, 15) is 9.59 Å². The van der Waals surface area contributed by atoms with Crippen molar-refractivity contribution in [2.75, 3.05) is 0 Å². The molecule has 2 bridgehead atoms. The van der Waals surface area contributed by atoms with Crippen LogP contribution in [-0.2, 0) is 9.59 Å². The molecule has 2 amide bonds. The van der Waals surface area contributed by atoms with Crippen molar-refractivity contribution in [1.29, 1.82) is 0 Å². The van der Waals surface area contributed by atoms with Crippen LogP contribution in [0.4, 0.5) is 0 Å². The number of imide groups is 1. The van der Waals surface area contributed by atoms with Gasteiger partial charge in [-0.25, -0.2) is 0 Å². The summed E-state index contributed by atoms with van der Waals surface area (Å²) in [6.45, 7) is 0. The Hall–Kier alpha value is -1.12. The fourth-order valence-electron chi connectivity index (χ4n) is 5.33. The molecule has 3 aliphatic carbocycles. The molecule has 0 radical (unpaired) electrons. The van der Waals surface area contributed by atoms with Crippen LogP contribution >= 0.6 is 0 Å². The van der Waals surface area contributed by atoms with Crippen molar-refractivity contribution in [1.82, 2.24) is 4.90 Å². The number of hydrogen-bond donors (Lipinski definition) is 0. The van der Waals surface area contributed by atoms with Gasteiger partial charge < -0.3 is 0 Å². The highest BCUT2D eigenvalue weighted by Gasteiger charge is 2.60. The van der Waals surface area contributed by atoms with Crippen molar-refractivity contribution >= 4 is 11.8 Å². The topological polar surface area (TPSA) is 37.4 Å². The lowest BCUT2D eigenvalue weighted by atomic mass is 9.85. The number of likely N-dealkylation sites (tertiary alicyclic amines) is 1. The molecule has 0 aromatic carbocycles. The number of amides is 2. The summed E-state index contributed by atoms with van der Waals surface area (Å²) in [4.78, 5) is 27.5. The van der Waals surface area contributed by atoms with Gasteiger partial charge in [-0.2, -0.15) is 0 Å². The summed E-state index contributed by atoms with van der Waals surface area (Å²) in [7, 11) is 0. The molecule has 4 rings (SSSR count). The molecule has 1 saturated heterocycles. The molecule has 3 fully saturated rings. The molecular weight excluding hydrogens is 274 g/mol. The first-order valence-corrected chi connectivity index (χ1v) is 9.32. The zero-order valence-electron chi connectivity index (χ0n) is 13.4. The van der Waals surface area contributed by atoms with Crippen molar-refractivity contribution in [2.45, 2.75) is 70.3 Å². The summed E-state index contributed by atoms with van der Waals surface area (Å²) in [6.07, 6.45) is 16.3. The maximum Gasteiger partial charge on any atom is 0.233 e. The minimum absolute atomic E-state index is 0.0158. The minimum Gasteiger partial charge on any atom is -0.279 e. The van der Waals surface area contributed by atoms with Crippen LogP contribution in [0.15, 0.2) is 12.2 Å². The highest BCUT2D eigenvalue weighted by Crippen LogP contribution is 2.53. The third kappa shape index (κ3) is 2.24. The molecule has 0 aromatic rings. The fourth-order valence-corrected chi connectivity index (χ4v) is 5.33. The van der Waals surface area contributed by atoms with E-state index in [1.165, 1.54) is 44.9 Å². The molecule has 3 heteroatoms. The molecule has 1 heterocycles. The van der Waals surface area contributed by atoms with Gasteiger partial charge in [-0.3, -0.25) is 14.5 Å². The largest absolute Gasteiger partial charge is 0.279 e. The first-order valence-electron chi connectivity index (χ1n) is 9.32. The lowest BCUT2D eigenvalue weighted by molar-refractivity contribution is -0.143. The molecule has 0 aromatic heterocycles. The highest BCUT2D eigenvalue weighted by molar-refractivity contribution is 6.06. The van der Waals surface area contributed by atoms with Crippen LogP contribution in [0.1, 0.15) is 64.2 Å². The van der Waals surface area contributed by atoms with E-state index < -0.39 is 0 Å². The summed E-state index contributed by atoms with van der Waals surface area (Å²) in [5.41, 5.74) is 0. The van der Waals surface area contributed by atoms with Crippen LogP contribution in [0.2, 0.25) is 0 Å². The van der Waals surface area contributed by atoms with Gasteiger partial charge in [0.05, 0.1) is 11.8 Å². The predicted molar refractivity (Wildman–Crippen MR) is 84.9 cm³/mol. The van der Waals surface area contributed by atoms with Gasteiger partial charge in [-0.05, 0) is 31.1 Å². The van der Waals surface area contributed by atoms with Crippen LogP contribution in [0, 0.1) is 23.7 Å². The maximum atomic E-state index is 12.9. The van der Waals surface area contributed by atoms with Gasteiger partial charge in [-0.15, -0.1) is 0 Å². The molecule has 0 spiro atoms. The Morgan fingerprint density at radius 2 is 1.18 bits per heavy atom. The van der Waals surface area contributed by atoms with E-state index in [0.717, 1.165) is 19.3 Å². The Kier molecular flexibility index (Phi) is 3.83. The Labute approximate surface area is 133 Å². The molecule has 4 aliphatic rings. The van der Waals surface area contributed by atoms with Crippen molar-refractivity contribution in [2.24, 2.45) is 23.7 Å². The van der Waals surface area contributed by atoms with E-state index in [1.54, 1.807) is 4.90 Å². The lowest BCUT2D eigenvalue weighted by Crippen LogP contribution is -2.42. The summed E-state index contributed by atoms with van der Waals surface area (Å²) < 4.78 is 0. The Bertz CT molecular complexity index is 458. The van der Waals surface area contributed by atoms with E-state index in [-0.39, 0.29) is 29.7 Å². The fraction of sp³-hybridized carbons (Fsp3) is 0.789. The monoisotopic (exact) mass is 301 g/mol. The molecule has 2 saturated carbocycles. The predicted octanol–water partition coefficient (Wildman–Crippen LogP) is 3.69. The molecule has 3 nitrogen and oxygen atoms in total. The van der Waals surface area contributed by atoms with Gasteiger partial charge >= 0.3 is 0 Å². The number of carbonyl (C=O) groups is 2. The zero-order valence-corrected chi connectivity index (χ0v) is 13.4. The molecular formula is C19H27NO2. The smallest absolute Gasteiger partial charge is 0.233 e. The zero-order chi connectivity index (χ0) is 15.1.